The van der Waals surface area contributed by atoms with E-state index in [-0.39, 0.29) is 28.5 Å². The van der Waals surface area contributed by atoms with Crippen LogP contribution in [0.2, 0.25) is 0 Å². The van der Waals surface area contributed by atoms with Gasteiger partial charge in [0.25, 0.3) is 0 Å². The molecule has 0 aliphatic rings. The van der Waals surface area contributed by atoms with Crippen LogP contribution in [0.15, 0.2) is 54.6 Å². The minimum atomic E-state index is -1.38. The summed E-state index contributed by atoms with van der Waals surface area (Å²) in [6.45, 7) is 2.43. The number of amides is 2. The second-order valence-corrected chi connectivity index (χ2v) is 8.20. The van der Waals surface area contributed by atoms with Gasteiger partial charge in [-0.1, -0.05) is 12.1 Å². The quantitative estimate of drug-likeness (QED) is 0.294. The lowest BCUT2D eigenvalue weighted by Crippen LogP contribution is -2.44. The number of hydrogen-bond acceptors (Lipinski definition) is 6. The number of carbonyl (C=O) groups is 1. The molecule has 0 saturated carbocycles. The first-order chi connectivity index (χ1) is 16.0. The Kier molecular flexibility index (Phi) is 7.23. The van der Waals surface area contributed by atoms with Gasteiger partial charge in [-0.3, -0.25) is 10.7 Å². The van der Waals surface area contributed by atoms with E-state index >= 15 is 0 Å². The monoisotopic (exact) mass is 469 g/mol. The van der Waals surface area contributed by atoms with Gasteiger partial charge in [0, 0.05) is 22.9 Å². The van der Waals surface area contributed by atoms with E-state index < -0.39 is 35.9 Å². The fourth-order valence-electron chi connectivity index (χ4n) is 3.45. The number of carbonyl (C=O) groups excluding carboxylic acids is 1. The van der Waals surface area contributed by atoms with Crippen molar-refractivity contribution in [3.05, 3.63) is 88.6 Å². The normalized spacial score (nSPS) is 12.2. The third-order valence-corrected chi connectivity index (χ3v) is 5.08. The van der Waals surface area contributed by atoms with E-state index in [2.05, 4.69) is 15.6 Å². The number of halogens is 2. The molecule has 178 valence electrons. The minimum absolute atomic E-state index is 0.00306. The molecule has 34 heavy (non-hydrogen) atoms. The van der Waals surface area contributed by atoms with Gasteiger partial charge >= 0.3 is 6.03 Å². The average Bonchev–Trinajstić information content (AvgIpc) is 2.77. The number of rotatable bonds is 7. The van der Waals surface area contributed by atoms with E-state index in [1.54, 1.807) is 0 Å². The number of aliphatic hydroxyl groups excluding tert-OH is 1. The SMILES string of the molecule is CC(C)(O)[C@@H](NC(=O)Nc1cc(N)c(C(=N)c2ccc(F)cc2)c(CO)n1)c1ccc(F)cc1. The summed E-state index contributed by atoms with van der Waals surface area (Å²) in [5.74, 6) is -0.908. The van der Waals surface area contributed by atoms with Gasteiger partial charge in [0.1, 0.15) is 17.5 Å². The van der Waals surface area contributed by atoms with Crippen molar-refractivity contribution in [2.75, 3.05) is 11.1 Å². The van der Waals surface area contributed by atoms with Crippen LogP contribution in [0.25, 0.3) is 0 Å². The molecule has 0 spiro atoms. The first-order valence-electron chi connectivity index (χ1n) is 10.3. The van der Waals surface area contributed by atoms with Crippen LogP contribution in [-0.2, 0) is 6.61 Å². The number of nitrogen functional groups attached to an aromatic ring is 1. The first-order valence-corrected chi connectivity index (χ1v) is 10.3. The van der Waals surface area contributed by atoms with Gasteiger partial charge in [0.15, 0.2) is 0 Å². The maximum absolute atomic E-state index is 13.3. The lowest BCUT2D eigenvalue weighted by molar-refractivity contribution is 0.0415. The smallest absolute Gasteiger partial charge is 0.320 e. The number of pyridine rings is 1. The van der Waals surface area contributed by atoms with Crippen LogP contribution in [0.3, 0.4) is 0 Å². The third kappa shape index (κ3) is 5.72. The average molecular weight is 469 g/mol. The van der Waals surface area contributed by atoms with Gasteiger partial charge in [-0.2, -0.15) is 0 Å². The number of benzene rings is 2. The number of aliphatic hydroxyl groups is 2. The van der Waals surface area contributed by atoms with Crippen molar-refractivity contribution in [1.82, 2.24) is 10.3 Å². The Morgan fingerprint density at radius 1 is 1.12 bits per heavy atom. The largest absolute Gasteiger partial charge is 0.398 e. The van der Waals surface area contributed by atoms with Crippen LogP contribution < -0.4 is 16.4 Å². The zero-order valence-corrected chi connectivity index (χ0v) is 18.6. The highest BCUT2D eigenvalue weighted by atomic mass is 19.1. The molecule has 1 heterocycles. The third-order valence-electron chi connectivity index (χ3n) is 5.08. The van der Waals surface area contributed by atoms with E-state index in [0.717, 1.165) is 0 Å². The van der Waals surface area contributed by atoms with E-state index in [4.69, 9.17) is 11.1 Å². The molecule has 0 fully saturated rings. The molecule has 2 aromatic carbocycles. The zero-order chi connectivity index (χ0) is 25.0. The zero-order valence-electron chi connectivity index (χ0n) is 18.6. The Bertz CT molecular complexity index is 1190. The molecular formula is C24H25F2N5O3. The summed E-state index contributed by atoms with van der Waals surface area (Å²) in [5.41, 5.74) is 5.78. The molecule has 1 atom stereocenters. The Morgan fingerprint density at radius 2 is 1.68 bits per heavy atom. The van der Waals surface area contributed by atoms with Gasteiger partial charge in [0.2, 0.25) is 0 Å². The summed E-state index contributed by atoms with van der Waals surface area (Å²) in [6, 6.07) is 10.3. The first kappa shape index (κ1) is 24.7. The molecule has 3 aromatic rings. The number of hydrogen-bond donors (Lipinski definition) is 6. The highest BCUT2D eigenvalue weighted by Gasteiger charge is 2.30. The number of anilines is 2. The molecule has 0 saturated heterocycles. The van der Waals surface area contributed by atoms with E-state index in [1.165, 1.54) is 68.4 Å². The molecular weight excluding hydrogens is 444 g/mol. The molecule has 0 unspecified atom stereocenters. The molecule has 8 nitrogen and oxygen atoms in total. The summed E-state index contributed by atoms with van der Waals surface area (Å²) in [7, 11) is 0. The summed E-state index contributed by atoms with van der Waals surface area (Å²) < 4.78 is 26.5. The van der Waals surface area contributed by atoms with Crippen LogP contribution >= 0.6 is 0 Å². The number of aromatic nitrogens is 1. The van der Waals surface area contributed by atoms with Gasteiger partial charge in [-0.15, -0.1) is 0 Å². The van der Waals surface area contributed by atoms with Gasteiger partial charge < -0.3 is 21.3 Å². The Morgan fingerprint density at radius 3 is 2.21 bits per heavy atom. The number of nitrogens with one attached hydrogen (secondary N) is 3. The molecule has 0 aliphatic heterocycles. The van der Waals surface area contributed by atoms with Crippen molar-refractivity contribution >= 4 is 23.2 Å². The Balaban J connectivity index is 1.84. The summed E-state index contributed by atoms with van der Waals surface area (Å²) in [5, 5.41) is 33.8. The predicted octanol–water partition coefficient (Wildman–Crippen LogP) is 3.48. The molecule has 3 rings (SSSR count). The summed E-state index contributed by atoms with van der Waals surface area (Å²) >= 11 is 0. The van der Waals surface area contributed by atoms with Crippen molar-refractivity contribution in [3.8, 4) is 0 Å². The summed E-state index contributed by atoms with van der Waals surface area (Å²) in [4.78, 5) is 16.8. The van der Waals surface area contributed by atoms with Crippen LogP contribution in [0.4, 0.5) is 25.1 Å². The number of urea groups is 1. The van der Waals surface area contributed by atoms with Crippen molar-refractivity contribution < 1.29 is 23.8 Å². The topological polar surface area (TPSA) is 144 Å². The van der Waals surface area contributed by atoms with Crippen molar-refractivity contribution in [2.45, 2.75) is 32.1 Å². The fourth-order valence-corrected chi connectivity index (χ4v) is 3.45. The van der Waals surface area contributed by atoms with Crippen molar-refractivity contribution in [3.63, 3.8) is 0 Å². The van der Waals surface area contributed by atoms with Crippen molar-refractivity contribution in [1.29, 1.82) is 5.41 Å². The molecule has 7 N–H and O–H groups in total. The second kappa shape index (κ2) is 9.94. The van der Waals surface area contributed by atoms with Crippen LogP contribution in [0, 0.1) is 17.0 Å². The maximum atomic E-state index is 13.3. The lowest BCUT2D eigenvalue weighted by Gasteiger charge is -2.30. The summed E-state index contributed by atoms with van der Waals surface area (Å²) in [6.07, 6.45) is 0. The molecule has 10 heteroatoms. The van der Waals surface area contributed by atoms with Crippen molar-refractivity contribution in [2.24, 2.45) is 0 Å². The standard InChI is InChI=1S/C24H25F2N5O3/c1-24(2,34)22(14-5-9-16(26)10-6-14)31-23(33)30-19-11-17(27)20(18(12-32)29-19)21(28)13-3-7-15(25)8-4-13/h3-11,22,28,32,34H,12H2,1-2H3,(H4,27,29,30,31,33)/t22-/m0/s1. The number of nitrogens with two attached hydrogens (primary N) is 1. The fraction of sp³-hybridized carbons (Fsp3) is 0.208. The molecule has 0 bridgehead atoms. The molecule has 2 amide bonds. The van der Waals surface area contributed by atoms with Gasteiger partial charge in [-0.25, -0.2) is 18.6 Å². The van der Waals surface area contributed by atoms with E-state index in [1.807, 2.05) is 0 Å². The van der Waals surface area contributed by atoms with E-state index in [9.17, 15) is 23.8 Å². The minimum Gasteiger partial charge on any atom is -0.398 e. The Labute approximate surface area is 195 Å². The lowest BCUT2D eigenvalue weighted by atomic mass is 9.92. The highest BCUT2D eigenvalue weighted by Crippen LogP contribution is 2.27. The van der Waals surface area contributed by atoms with Gasteiger partial charge in [0.05, 0.1) is 29.7 Å². The molecule has 0 aliphatic carbocycles. The Hall–Kier alpha value is -3.89. The van der Waals surface area contributed by atoms with Crippen LogP contribution in [0.5, 0.6) is 0 Å². The second-order valence-electron chi connectivity index (χ2n) is 8.20. The van der Waals surface area contributed by atoms with Gasteiger partial charge in [-0.05, 0) is 55.8 Å². The van der Waals surface area contributed by atoms with Crippen LogP contribution in [0.1, 0.15) is 42.3 Å². The highest BCUT2D eigenvalue weighted by molar-refractivity contribution is 6.14. The van der Waals surface area contributed by atoms with Crippen LogP contribution in [-0.4, -0.2) is 32.5 Å². The number of nitrogens with zero attached hydrogens (tertiary/aromatic N) is 1. The maximum Gasteiger partial charge on any atom is 0.320 e. The predicted molar refractivity (Wildman–Crippen MR) is 124 cm³/mol. The van der Waals surface area contributed by atoms with E-state index in [0.29, 0.717) is 11.1 Å². The molecule has 1 aromatic heterocycles. The molecule has 0 radical (unpaired) electrons.